The molecule has 0 bridgehead atoms. The number of benzene rings is 1. The molecule has 0 aromatic heterocycles. The molecule has 0 aliphatic carbocycles. The average Bonchev–Trinajstić information content (AvgIpc) is 2.29. The Morgan fingerprint density at radius 2 is 2.12 bits per heavy atom. The normalized spacial score (nSPS) is 14.4. The van der Waals surface area contributed by atoms with Crippen LogP contribution in [-0.2, 0) is 11.3 Å². The highest BCUT2D eigenvalue weighted by Crippen LogP contribution is 2.23. The molecule has 2 N–H and O–H groups in total. The van der Waals surface area contributed by atoms with Crippen molar-refractivity contribution in [2.75, 3.05) is 13.7 Å². The number of halogens is 1. The lowest BCUT2D eigenvalue weighted by Crippen LogP contribution is -2.40. The molecule has 1 atom stereocenters. The van der Waals surface area contributed by atoms with Crippen LogP contribution < -0.4 is 10.5 Å². The van der Waals surface area contributed by atoms with Crippen molar-refractivity contribution < 1.29 is 9.47 Å². The minimum absolute atomic E-state index is 0.265. The predicted octanol–water partition coefficient (Wildman–Crippen LogP) is 3.10. The molecular weight excluding hydrogens is 282 g/mol. The molecule has 0 spiro atoms. The fourth-order valence-corrected chi connectivity index (χ4v) is 1.76. The highest BCUT2D eigenvalue weighted by atomic mass is 79.9. The fraction of sp³-hybridized carbons (Fsp3) is 0.538. The molecule has 1 unspecified atom stereocenters. The Morgan fingerprint density at radius 3 is 2.71 bits per heavy atom. The van der Waals surface area contributed by atoms with Crippen LogP contribution in [0.15, 0.2) is 22.7 Å². The van der Waals surface area contributed by atoms with Gasteiger partial charge in [0.15, 0.2) is 0 Å². The van der Waals surface area contributed by atoms with Gasteiger partial charge in [0.2, 0.25) is 0 Å². The Hall–Kier alpha value is -0.580. The van der Waals surface area contributed by atoms with Gasteiger partial charge in [-0.15, -0.1) is 0 Å². The second kappa shape index (κ2) is 6.38. The molecule has 0 saturated heterocycles. The molecule has 0 aliphatic rings. The summed E-state index contributed by atoms with van der Waals surface area (Å²) in [6.07, 6.45) is 0.891. The van der Waals surface area contributed by atoms with Crippen molar-refractivity contribution in [2.24, 2.45) is 5.73 Å². The zero-order chi connectivity index (χ0) is 12.9. The van der Waals surface area contributed by atoms with Gasteiger partial charge in [-0.25, -0.2) is 0 Å². The van der Waals surface area contributed by atoms with Gasteiger partial charge in [0.25, 0.3) is 0 Å². The first kappa shape index (κ1) is 14.5. The third-order valence-corrected chi connectivity index (χ3v) is 3.23. The van der Waals surface area contributed by atoms with Crippen molar-refractivity contribution in [1.82, 2.24) is 0 Å². The maximum absolute atomic E-state index is 6.02. The molecule has 0 amide bonds. The van der Waals surface area contributed by atoms with E-state index in [1.807, 2.05) is 25.1 Å². The Labute approximate surface area is 111 Å². The van der Waals surface area contributed by atoms with Gasteiger partial charge in [0, 0.05) is 15.6 Å². The van der Waals surface area contributed by atoms with Crippen molar-refractivity contribution in [1.29, 1.82) is 0 Å². The van der Waals surface area contributed by atoms with Gasteiger partial charge in [-0.1, -0.05) is 22.9 Å². The van der Waals surface area contributed by atoms with E-state index in [4.69, 9.17) is 15.2 Å². The lowest BCUT2D eigenvalue weighted by molar-refractivity contribution is 0.0764. The summed E-state index contributed by atoms with van der Waals surface area (Å²) < 4.78 is 11.9. The van der Waals surface area contributed by atoms with E-state index in [9.17, 15) is 0 Å². The topological polar surface area (TPSA) is 44.5 Å². The third kappa shape index (κ3) is 4.66. The van der Waals surface area contributed by atoms with Crippen molar-refractivity contribution in [3.8, 4) is 5.75 Å². The van der Waals surface area contributed by atoms with Crippen LogP contribution in [0.1, 0.15) is 25.8 Å². The number of nitrogens with two attached hydrogens (primary N) is 1. The quantitative estimate of drug-likeness (QED) is 0.878. The van der Waals surface area contributed by atoms with E-state index in [0.717, 1.165) is 22.2 Å². The highest BCUT2D eigenvalue weighted by Gasteiger charge is 2.16. The predicted molar refractivity (Wildman–Crippen MR) is 73.2 cm³/mol. The monoisotopic (exact) mass is 301 g/mol. The number of rotatable bonds is 6. The van der Waals surface area contributed by atoms with Gasteiger partial charge in [0.1, 0.15) is 5.75 Å². The van der Waals surface area contributed by atoms with Gasteiger partial charge >= 0.3 is 0 Å². The number of ether oxygens (including phenoxy) is 2. The summed E-state index contributed by atoms with van der Waals surface area (Å²) in [6.45, 7) is 5.10. The minimum atomic E-state index is -0.265. The van der Waals surface area contributed by atoms with Crippen LogP contribution in [0.3, 0.4) is 0 Å². The van der Waals surface area contributed by atoms with E-state index in [2.05, 4.69) is 22.9 Å². The summed E-state index contributed by atoms with van der Waals surface area (Å²) in [5.74, 6) is 0.837. The Kier molecular flexibility index (Phi) is 5.43. The molecule has 17 heavy (non-hydrogen) atoms. The van der Waals surface area contributed by atoms with Crippen LogP contribution in [0.5, 0.6) is 5.75 Å². The van der Waals surface area contributed by atoms with Crippen molar-refractivity contribution in [2.45, 2.75) is 32.4 Å². The zero-order valence-corrected chi connectivity index (χ0v) is 12.2. The standard InChI is InChI=1S/C13H20BrNO2/c1-4-13(2,15)9-17-8-10-7-11(14)5-6-12(10)16-3/h5-7H,4,8-9,15H2,1-3H3. The maximum Gasteiger partial charge on any atom is 0.124 e. The van der Waals surface area contributed by atoms with Gasteiger partial charge in [-0.2, -0.15) is 0 Å². The number of hydrogen-bond acceptors (Lipinski definition) is 3. The van der Waals surface area contributed by atoms with Gasteiger partial charge in [-0.05, 0) is 31.5 Å². The second-order valence-corrected chi connectivity index (χ2v) is 5.37. The Balaban J connectivity index is 2.59. The molecule has 1 rings (SSSR count). The highest BCUT2D eigenvalue weighted by molar-refractivity contribution is 9.10. The molecule has 0 heterocycles. The van der Waals surface area contributed by atoms with E-state index in [1.54, 1.807) is 7.11 Å². The summed E-state index contributed by atoms with van der Waals surface area (Å²) >= 11 is 3.43. The largest absolute Gasteiger partial charge is 0.496 e. The van der Waals surface area contributed by atoms with Crippen LogP contribution in [0, 0.1) is 0 Å². The van der Waals surface area contributed by atoms with E-state index < -0.39 is 0 Å². The molecule has 0 saturated carbocycles. The summed E-state index contributed by atoms with van der Waals surface area (Å²) in [7, 11) is 1.66. The maximum atomic E-state index is 6.02. The molecule has 0 radical (unpaired) electrons. The molecule has 0 fully saturated rings. The second-order valence-electron chi connectivity index (χ2n) is 4.46. The molecule has 4 heteroatoms. The average molecular weight is 302 g/mol. The Morgan fingerprint density at radius 1 is 1.41 bits per heavy atom. The van der Waals surface area contributed by atoms with E-state index in [-0.39, 0.29) is 5.54 Å². The SMILES string of the molecule is CCC(C)(N)COCc1cc(Br)ccc1OC. The summed E-state index contributed by atoms with van der Waals surface area (Å²) in [5, 5.41) is 0. The van der Waals surface area contributed by atoms with E-state index in [0.29, 0.717) is 13.2 Å². The number of hydrogen-bond donors (Lipinski definition) is 1. The molecule has 96 valence electrons. The molecule has 1 aromatic carbocycles. The first-order chi connectivity index (χ1) is 7.98. The molecule has 0 aliphatic heterocycles. The minimum Gasteiger partial charge on any atom is -0.496 e. The van der Waals surface area contributed by atoms with E-state index >= 15 is 0 Å². The van der Waals surface area contributed by atoms with Crippen molar-refractivity contribution >= 4 is 15.9 Å². The lowest BCUT2D eigenvalue weighted by atomic mass is 10.0. The number of methoxy groups -OCH3 is 1. The van der Waals surface area contributed by atoms with Gasteiger partial charge in [-0.3, -0.25) is 0 Å². The molecule has 1 aromatic rings. The van der Waals surface area contributed by atoms with Crippen molar-refractivity contribution in [3.63, 3.8) is 0 Å². The fourth-order valence-electron chi connectivity index (χ4n) is 1.36. The lowest BCUT2D eigenvalue weighted by Gasteiger charge is -2.22. The van der Waals surface area contributed by atoms with E-state index in [1.165, 1.54) is 0 Å². The Bertz CT molecular complexity index is 366. The zero-order valence-electron chi connectivity index (χ0n) is 10.6. The van der Waals surface area contributed by atoms with Crippen molar-refractivity contribution in [3.05, 3.63) is 28.2 Å². The van der Waals surface area contributed by atoms with Crippen LogP contribution in [-0.4, -0.2) is 19.3 Å². The summed E-state index contributed by atoms with van der Waals surface area (Å²) in [6, 6.07) is 5.87. The van der Waals surface area contributed by atoms with Crippen LogP contribution in [0.25, 0.3) is 0 Å². The van der Waals surface area contributed by atoms with Crippen LogP contribution in [0.2, 0.25) is 0 Å². The molecular formula is C13H20BrNO2. The third-order valence-electron chi connectivity index (χ3n) is 2.74. The van der Waals surface area contributed by atoms with Crippen LogP contribution in [0.4, 0.5) is 0 Å². The van der Waals surface area contributed by atoms with Gasteiger partial charge < -0.3 is 15.2 Å². The summed E-state index contributed by atoms with van der Waals surface area (Å²) in [4.78, 5) is 0. The smallest absolute Gasteiger partial charge is 0.124 e. The summed E-state index contributed by atoms with van der Waals surface area (Å²) in [5.41, 5.74) is 6.77. The first-order valence-electron chi connectivity index (χ1n) is 5.67. The van der Waals surface area contributed by atoms with Gasteiger partial charge in [0.05, 0.1) is 20.3 Å². The molecule has 3 nitrogen and oxygen atoms in total. The first-order valence-corrected chi connectivity index (χ1v) is 6.47. The van der Waals surface area contributed by atoms with Crippen LogP contribution >= 0.6 is 15.9 Å².